The van der Waals surface area contributed by atoms with Gasteiger partial charge < -0.3 is 15.1 Å². The van der Waals surface area contributed by atoms with Crippen molar-refractivity contribution >= 4 is 17.3 Å². The number of carbonyl (C=O) groups is 1. The van der Waals surface area contributed by atoms with Crippen LogP contribution in [-0.4, -0.2) is 43.5 Å². The molecule has 2 aliphatic rings. The Kier molecular flexibility index (Phi) is 4.44. The fourth-order valence-electron chi connectivity index (χ4n) is 3.28. The normalized spacial score (nSPS) is 24.1. The second-order valence-electron chi connectivity index (χ2n) is 6.27. The van der Waals surface area contributed by atoms with Gasteiger partial charge in [-0.15, -0.1) is 0 Å². The van der Waals surface area contributed by atoms with Crippen molar-refractivity contribution in [2.24, 2.45) is 0 Å². The first-order chi connectivity index (χ1) is 10.2. The van der Waals surface area contributed by atoms with Crippen LogP contribution in [0, 0.1) is 0 Å². The first-order valence-electron chi connectivity index (χ1n) is 8.08. The van der Waals surface area contributed by atoms with Gasteiger partial charge in [0, 0.05) is 30.4 Å². The van der Waals surface area contributed by atoms with Gasteiger partial charge in [0.2, 0.25) is 5.91 Å². The smallest absolute Gasteiger partial charge is 0.227 e. The van der Waals surface area contributed by atoms with Crippen molar-refractivity contribution in [2.75, 3.05) is 36.9 Å². The highest BCUT2D eigenvalue weighted by Crippen LogP contribution is 2.24. The zero-order valence-corrected chi connectivity index (χ0v) is 12.8. The zero-order chi connectivity index (χ0) is 14.7. The van der Waals surface area contributed by atoms with Gasteiger partial charge >= 0.3 is 0 Å². The summed E-state index contributed by atoms with van der Waals surface area (Å²) in [7, 11) is 2.20. The molecule has 0 spiro atoms. The van der Waals surface area contributed by atoms with E-state index in [4.69, 9.17) is 0 Å². The van der Waals surface area contributed by atoms with E-state index in [0.717, 1.165) is 25.2 Å². The number of hydrogen-bond acceptors (Lipinski definition) is 3. The number of hydrogen-bond donors (Lipinski definition) is 1. The molecule has 114 valence electrons. The summed E-state index contributed by atoms with van der Waals surface area (Å²) < 4.78 is 0. The fraction of sp³-hybridized carbons (Fsp3) is 0.588. The number of nitrogens with one attached hydrogen (secondary N) is 1. The molecule has 21 heavy (non-hydrogen) atoms. The summed E-state index contributed by atoms with van der Waals surface area (Å²) in [6.45, 7) is 3.23. The first kappa shape index (κ1) is 14.4. The van der Waals surface area contributed by atoms with Crippen molar-refractivity contribution in [3.63, 3.8) is 0 Å². The molecule has 0 saturated carbocycles. The van der Waals surface area contributed by atoms with Crippen LogP contribution in [0.2, 0.25) is 0 Å². The maximum Gasteiger partial charge on any atom is 0.227 e. The second kappa shape index (κ2) is 6.48. The van der Waals surface area contributed by atoms with Gasteiger partial charge in [0.25, 0.3) is 0 Å². The molecule has 0 aromatic heterocycles. The summed E-state index contributed by atoms with van der Waals surface area (Å²) in [6.07, 6.45) is 5.36. The third-order valence-electron chi connectivity index (χ3n) is 4.57. The Morgan fingerprint density at radius 2 is 1.86 bits per heavy atom. The van der Waals surface area contributed by atoms with Gasteiger partial charge in [0.15, 0.2) is 0 Å². The van der Waals surface area contributed by atoms with Gasteiger partial charge in [-0.2, -0.15) is 0 Å². The lowest BCUT2D eigenvalue weighted by Crippen LogP contribution is -2.24. The van der Waals surface area contributed by atoms with Gasteiger partial charge in [-0.1, -0.05) is 0 Å². The van der Waals surface area contributed by atoms with Gasteiger partial charge in [-0.05, 0) is 70.1 Å². The third-order valence-corrected chi connectivity index (χ3v) is 4.57. The summed E-state index contributed by atoms with van der Waals surface area (Å²) in [5.74, 6) is 0.252. The molecule has 1 amide bonds. The average molecular weight is 287 g/mol. The van der Waals surface area contributed by atoms with Gasteiger partial charge in [0.1, 0.15) is 0 Å². The molecular formula is C17H25N3O. The monoisotopic (exact) mass is 287 g/mol. The van der Waals surface area contributed by atoms with Gasteiger partial charge in [0.05, 0.1) is 0 Å². The van der Waals surface area contributed by atoms with Crippen molar-refractivity contribution in [2.45, 2.75) is 38.1 Å². The van der Waals surface area contributed by atoms with E-state index in [0.29, 0.717) is 12.5 Å². The summed E-state index contributed by atoms with van der Waals surface area (Å²) in [5, 5.41) is 3.64. The summed E-state index contributed by atoms with van der Waals surface area (Å²) in [5.41, 5.74) is 2.20. The molecule has 0 aliphatic carbocycles. The van der Waals surface area contributed by atoms with Crippen LogP contribution < -0.4 is 10.2 Å². The van der Waals surface area contributed by atoms with Crippen molar-refractivity contribution in [3.8, 4) is 0 Å². The number of anilines is 2. The summed E-state index contributed by atoms with van der Waals surface area (Å²) in [6, 6.07) is 8.91. The van der Waals surface area contributed by atoms with Crippen LogP contribution in [0.4, 0.5) is 11.4 Å². The molecule has 1 N–H and O–H groups in total. The lowest BCUT2D eigenvalue weighted by Gasteiger charge is -2.20. The minimum atomic E-state index is 0.252. The van der Waals surface area contributed by atoms with E-state index in [1.807, 2.05) is 4.90 Å². The maximum absolute atomic E-state index is 11.8. The zero-order valence-electron chi connectivity index (χ0n) is 12.8. The molecular weight excluding hydrogens is 262 g/mol. The van der Waals surface area contributed by atoms with Crippen LogP contribution in [0.25, 0.3) is 0 Å². The van der Waals surface area contributed by atoms with E-state index in [2.05, 4.69) is 41.5 Å². The number of carbonyl (C=O) groups excluding carboxylic acids is 1. The molecule has 0 bridgehead atoms. The molecule has 3 rings (SSSR count). The minimum absolute atomic E-state index is 0.252. The topological polar surface area (TPSA) is 35.6 Å². The summed E-state index contributed by atoms with van der Waals surface area (Å²) >= 11 is 0. The third kappa shape index (κ3) is 3.56. The van der Waals surface area contributed by atoms with E-state index in [1.165, 1.54) is 31.5 Å². The maximum atomic E-state index is 11.8. The number of rotatable bonds is 3. The van der Waals surface area contributed by atoms with Crippen LogP contribution in [0.15, 0.2) is 24.3 Å². The Hall–Kier alpha value is -1.55. The Bertz CT molecular complexity index is 485. The molecule has 1 aromatic carbocycles. The number of likely N-dealkylation sites (tertiary alicyclic amines) is 1. The second-order valence-corrected chi connectivity index (χ2v) is 6.27. The standard InChI is InChI=1S/C17H25N3O/c1-19-11-2-4-14(10-13-19)18-15-6-8-16(9-7-15)20-12-3-5-17(20)21/h6-9,14,18H,2-5,10-13H2,1H3. The van der Waals surface area contributed by atoms with Crippen LogP contribution in [0.5, 0.6) is 0 Å². The molecule has 4 heteroatoms. The predicted molar refractivity (Wildman–Crippen MR) is 86.8 cm³/mol. The van der Waals surface area contributed by atoms with E-state index < -0.39 is 0 Å². The highest BCUT2D eigenvalue weighted by Gasteiger charge is 2.21. The van der Waals surface area contributed by atoms with E-state index in [1.54, 1.807) is 0 Å². The molecule has 2 aliphatic heterocycles. The fourth-order valence-corrected chi connectivity index (χ4v) is 3.28. The van der Waals surface area contributed by atoms with Crippen LogP contribution in [0.1, 0.15) is 32.1 Å². The van der Waals surface area contributed by atoms with Crippen molar-refractivity contribution < 1.29 is 4.79 Å². The minimum Gasteiger partial charge on any atom is -0.382 e. The van der Waals surface area contributed by atoms with E-state index >= 15 is 0 Å². The number of amides is 1. The van der Waals surface area contributed by atoms with E-state index in [-0.39, 0.29) is 5.91 Å². The largest absolute Gasteiger partial charge is 0.382 e. The molecule has 0 radical (unpaired) electrons. The first-order valence-corrected chi connectivity index (χ1v) is 8.08. The Morgan fingerprint density at radius 1 is 1.05 bits per heavy atom. The van der Waals surface area contributed by atoms with Crippen molar-refractivity contribution in [1.82, 2.24) is 4.90 Å². The molecule has 2 saturated heterocycles. The van der Waals surface area contributed by atoms with Crippen molar-refractivity contribution in [3.05, 3.63) is 24.3 Å². The highest BCUT2D eigenvalue weighted by molar-refractivity contribution is 5.95. The Balaban J connectivity index is 1.60. The number of nitrogens with zero attached hydrogens (tertiary/aromatic N) is 2. The van der Waals surface area contributed by atoms with Crippen LogP contribution >= 0.6 is 0 Å². The summed E-state index contributed by atoms with van der Waals surface area (Å²) in [4.78, 5) is 16.1. The Labute approximate surface area is 127 Å². The lowest BCUT2D eigenvalue weighted by atomic mass is 10.1. The molecule has 4 nitrogen and oxygen atoms in total. The van der Waals surface area contributed by atoms with Crippen molar-refractivity contribution in [1.29, 1.82) is 0 Å². The molecule has 2 fully saturated rings. The highest BCUT2D eigenvalue weighted by atomic mass is 16.2. The van der Waals surface area contributed by atoms with E-state index in [9.17, 15) is 4.79 Å². The lowest BCUT2D eigenvalue weighted by molar-refractivity contribution is -0.117. The molecule has 1 aromatic rings. The Morgan fingerprint density at radius 3 is 2.57 bits per heavy atom. The SMILES string of the molecule is CN1CCCC(Nc2ccc(N3CCCC3=O)cc2)CC1. The average Bonchev–Trinajstić information content (AvgIpc) is 2.81. The van der Waals surface area contributed by atoms with Gasteiger partial charge in [-0.3, -0.25) is 4.79 Å². The van der Waals surface area contributed by atoms with Crippen LogP contribution in [-0.2, 0) is 4.79 Å². The molecule has 1 atom stereocenters. The molecule has 2 heterocycles. The quantitative estimate of drug-likeness (QED) is 0.928. The molecule has 1 unspecified atom stereocenters. The van der Waals surface area contributed by atoms with Gasteiger partial charge in [-0.25, -0.2) is 0 Å². The van der Waals surface area contributed by atoms with Crippen LogP contribution in [0.3, 0.4) is 0 Å². The number of benzene rings is 1. The predicted octanol–water partition coefficient (Wildman–Crippen LogP) is 2.71.